The molecule has 28 heteroatoms. The van der Waals surface area contributed by atoms with Crippen LogP contribution in [0.3, 0.4) is 0 Å². The van der Waals surface area contributed by atoms with Gasteiger partial charge in [0.2, 0.25) is 0 Å². The molecule has 684 valence electrons. The van der Waals surface area contributed by atoms with Gasteiger partial charge in [-0.1, -0.05) is 151 Å². The number of aromatic nitrogens is 6. The monoisotopic (exact) mass is 1740 g/mol. The summed E-state index contributed by atoms with van der Waals surface area (Å²) in [5.41, 5.74) is 11.4. The third-order valence-electron chi connectivity index (χ3n) is 20.2. The zero-order chi connectivity index (χ0) is 88.7. The first kappa shape index (κ1) is 98.3. The molecule has 0 unspecified atom stereocenters. The van der Waals surface area contributed by atoms with Gasteiger partial charge in [-0.25, -0.2) is 9.36 Å². The smallest absolute Gasteiger partial charge is 0.134 e. The van der Waals surface area contributed by atoms with Crippen molar-refractivity contribution in [2.45, 2.75) is 133 Å². The molecule has 10 rings (SSSR count). The van der Waals surface area contributed by atoms with Crippen LogP contribution in [0, 0.1) is 27.7 Å². The van der Waals surface area contributed by atoms with Crippen molar-refractivity contribution in [1.82, 2.24) is 30.0 Å². The molecule has 2 heterocycles. The van der Waals surface area contributed by atoms with E-state index in [-0.39, 0.29) is 13.2 Å². The quantitative estimate of drug-likeness (QED) is 0.0253. The van der Waals surface area contributed by atoms with Gasteiger partial charge in [-0.2, -0.15) is 10.2 Å². The molecule has 126 heavy (non-hydrogen) atoms. The number of benzene rings is 8. The molecular weight excluding hydrogens is 1610 g/mol. The molecule has 28 nitrogen and oxygen atoms in total. The van der Waals surface area contributed by atoms with Gasteiger partial charge in [-0.05, 0) is 144 Å². The van der Waals surface area contributed by atoms with Crippen molar-refractivity contribution in [1.29, 1.82) is 0 Å². The van der Waals surface area contributed by atoms with Gasteiger partial charge in [0.25, 0.3) is 0 Å². The molecule has 0 radical (unpaired) electrons. The van der Waals surface area contributed by atoms with E-state index in [0.717, 1.165) is 89.8 Å². The van der Waals surface area contributed by atoms with Crippen LogP contribution in [0.5, 0.6) is 46.0 Å². The van der Waals surface area contributed by atoms with Crippen molar-refractivity contribution >= 4 is 32.9 Å². The predicted molar refractivity (Wildman–Crippen MR) is 485 cm³/mol. The Morgan fingerprint density at radius 2 is 0.476 bits per heavy atom. The van der Waals surface area contributed by atoms with Gasteiger partial charge in [-0.15, -0.1) is 10.2 Å². The first-order valence-electron chi connectivity index (χ1n) is 44.2. The van der Waals surface area contributed by atoms with Gasteiger partial charge in [0.1, 0.15) is 110 Å². The lowest BCUT2D eigenvalue weighted by Gasteiger charge is -2.20. The highest BCUT2D eigenvalue weighted by atomic mass is 16.6. The Morgan fingerprint density at radius 1 is 0.254 bits per heavy atom. The highest BCUT2D eigenvalue weighted by Gasteiger charge is 2.20. The maximum absolute atomic E-state index is 6.26. The van der Waals surface area contributed by atoms with Crippen molar-refractivity contribution in [3.05, 3.63) is 202 Å². The number of hydrogen-bond acceptors (Lipinski definition) is 26. The van der Waals surface area contributed by atoms with Crippen LogP contribution >= 0.6 is 0 Å². The van der Waals surface area contributed by atoms with Gasteiger partial charge in [-0.3, -0.25) is 0 Å². The molecule has 0 aliphatic rings. The maximum Gasteiger partial charge on any atom is 0.134 e. The van der Waals surface area contributed by atoms with Crippen LogP contribution in [-0.2, 0) is 83.1 Å². The lowest BCUT2D eigenvalue weighted by atomic mass is 9.94. The van der Waals surface area contributed by atoms with E-state index in [1.54, 1.807) is 9.36 Å². The summed E-state index contributed by atoms with van der Waals surface area (Å²) in [5, 5.41) is 30.2. The van der Waals surface area contributed by atoms with Crippen molar-refractivity contribution in [3.63, 3.8) is 0 Å². The predicted octanol–water partition coefficient (Wildman–Crippen LogP) is 17.7. The third kappa shape index (κ3) is 33.4. The van der Waals surface area contributed by atoms with Crippen LogP contribution in [0.2, 0.25) is 0 Å². The number of rotatable bonds is 66. The Hall–Kier alpha value is -9.92. The van der Waals surface area contributed by atoms with E-state index in [1.165, 1.54) is 22.3 Å². The van der Waals surface area contributed by atoms with Crippen LogP contribution in [0.25, 0.3) is 21.5 Å². The third-order valence-corrected chi connectivity index (χ3v) is 20.2. The molecule has 0 atom stereocenters. The van der Waals surface area contributed by atoms with E-state index < -0.39 is 0 Å². The number of para-hydroxylation sites is 2. The normalized spacial score (nSPS) is 11.8. The standard InChI is InChI=1S/C98H132N8O20/c1-71(2)83-19-13-20-84(72(3)4)97(83)123-61-55-117-49-43-111-41-47-115-53-59-121-93-29-17-23-87-89(93)25-15-27-91(87)119-57-51-113-45-39-109-37-35-107-33-31-105-67-81(101-103-105)69-125-95-75(9)63-79(64-76(95)10)99-100-80-65-77(11)96(78(12)66-80)126-70-82-68-106(104-102-82)32-34-108-36-38-110-40-46-114-52-58-120-92-28-16-26-90-88(92)24-18-30-94(90)122-60-54-116-48-42-112-44-50-118-56-62-124-98-85(73(5)6)21-14-22-86(98)74(7)8/h13-30,63-68,71-74H,31-62,69-70H2,1-12H3. The molecule has 0 aliphatic carbocycles. The molecule has 0 saturated heterocycles. The fraction of sp³-hybridized carbons (Fsp3) is 0.510. The summed E-state index contributed by atoms with van der Waals surface area (Å²) in [6.07, 6.45) is 3.72. The first-order chi connectivity index (χ1) is 61.6. The molecule has 0 saturated carbocycles. The highest BCUT2D eigenvalue weighted by molar-refractivity contribution is 5.94. The number of aryl methyl sites for hydroxylation is 4. The first-order valence-corrected chi connectivity index (χ1v) is 44.2. The molecule has 0 bridgehead atoms. The summed E-state index contributed by atoms with van der Waals surface area (Å²) in [7, 11) is 0. The van der Waals surface area contributed by atoms with Gasteiger partial charge < -0.3 is 94.7 Å². The summed E-state index contributed by atoms with van der Waals surface area (Å²) in [5.74, 6) is 8.07. The van der Waals surface area contributed by atoms with Crippen molar-refractivity contribution in [2.24, 2.45) is 10.2 Å². The van der Waals surface area contributed by atoms with Crippen LogP contribution in [0.1, 0.15) is 135 Å². The Morgan fingerprint density at radius 3 is 0.722 bits per heavy atom. The Bertz CT molecular complexity index is 4430. The molecule has 0 spiro atoms. The summed E-state index contributed by atoms with van der Waals surface area (Å²) < 4.78 is 122. The number of nitrogens with zero attached hydrogens (tertiary/aromatic N) is 8. The van der Waals surface area contributed by atoms with Crippen molar-refractivity contribution in [3.8, 4) is 46.0 Å². The SMILES string of the molecule is Cc1cc(N=Nc2cc(C)c(OCc3cn(CCOCCOCCOCCOc4cccc5c(OCCOCCOCCOCCOc6c(C(C)C)cccc6C(C)C)cccc45)nn3)c(C)c2)cc(C)c1OCc1cn(CCOCCOCCOCCOc2cccc3c(OCCOCCOCCOCCOc4c(C(C)C)cccc4C(C)C)cccc23)nn1. The van der Waals surface area contributed by atoms with Gasteiger partial charge in [0, 0.05) is 21.5 Å². The van der Waals surface area contributed by atoms with Crippen molar-refractivity contribution in [2.75, 3.05) is 198 Å². The number of ether oxygens (including phenoxy) is 20. The van der Waals surface area contributed by atoms with Crippen LogP contribution < -0.4 is 37.9 Å². The second kappa shape index (κ2) is 55.6. The van der Waals surface area contributed by atoms with Crippen LogP contribution in [0.4, 0.5) is 11.4 Å². The lowest BCUT2D eigenvalue weighted by molar-refractivity contribution is 0.00496. The van der Waals surface area contributed by atoms with Gasteiger partial charge >= 0.3 is 0 Å². The van der Waals surface area contributed by atoms with Crippen LogP contribution in [-0.4, -0.2) is 228 Å². The van der Waals surface area contributed by atoms with Gasteiger partial charge in [0.05, 0.1) is 195 Å². The second-order valence-corrected chi connectivity index (χ2v) is 31.3. The average molecular weight is 1740 g/mol. The van der Waals surface area contributed by atoms with Crippen molar-refractivity contribution < 1.29 is 94.7 Å². The molecular formula is C98H132N8O20. The van der Waals surface area contributed by atoms with E-state index in [0.29, 0.717) is 258 Å². The largest absolute Gasteiger partial charge is 0.491 e. The number of hydrogen-bond donors (Lipinski definition) is 0. The minimum absolute atomic E-state index is 0.249. The summed E-state index contributed by atoms with van der Waals surface area (Å²) in [6, 6.07) is 44.4. The Labute approximate surface area is 743 Å². The molecule has 8 aromatic carbocycles. The molecule has 2 aromatic heterocycles. The zero-order valence-electron chi connectivity index (χ0n) is 76.0. The molecule has 0 N–H and O–H groups in total. The Balaban J connectivity index is 0.497. The number of azo groups is 1. The molecule has 0 aliphatic heterocycles. The zero-order valence-corrected chi connectivity index (χ0v) is 76.0. The van der Waals surface area contributed by atoms with E-state index >= 15 is 0 Å². The minimum Gasteiger partial charge on any atom is -0.491 e. The minimum atomic E-state index is 0.249. The molecule has 0 fully saturated rings. The maximum atomic E-state index is 6.26. The lowest BCUT2D eigenvalue weighted by Crippen LogP contribution is -2.15. The van der Waals surface area contributed by atoms with E-state index in [2.05, 4.69) is 123 Å². The topological polar surface area (TPSA) is 271 Å². The van der Waals surface area contributed by atoms with E-state index in [9.17, 15) is 0 Å². The van der Waals surface area contributed by atoms with E-state index in [4.69, 9.17) is 94.7 Å². The summed E-state index contributed by atoms with van der Waals surface area (Å²) in [6.45, 7) is 40.5. The van der Waals surface area contributed by atoms with E-state index in [1.807, 2.05) is 137 Å². The second-order valence-electron chi connectivity index (χ2n) is 31.3. The molecule has 10 aromatic rings. The Kier molecular flexibility index (Phi) is 43.4. The van der Waals surface area contributed by atoms with Crippen LogP contribution in [0.15, 0.2) is 156 Å². The highest BCUT2D eigenvalue weighted by Crippen LogP contribution is 2.39. The fourth-order valence-electron chi connectivity index (χ4n) is 13.9. The summed E-state index contributed by atoms with van der Waals surface area (Å²) in [4.78, 5) is 0. The fourth-order valence-corrected chi connectivity index (χ4v) is 13.9. The molecule has 0 amide bonds. The summed E-state index contributed by atoms with van der Waals surface area (Å²) >= 11 is 0. The average Bonchev–Trinajstić information content (AvgIpc) is 1.03. The number of fused-ring (bicyclic) bond motifs is 2. The van der Waals surface area contributed by atoms with Gasteiger partial charge in [0.15, 0.2) is 0 Å².